The molecule has 0 saturated heterocycles. The summed E-state index contributed by atoms with van der Waals surface area (Å²) in [6.45, 7) is 6.56. The van der Waals surface area contributed by atoms with Crippen molar-refractivity contribution in [1.82, 2.24) is 0 Å². The average Bonchev–Trinajstić information content (AvgIpc) is 2.51. The van der Waals surface area contributed by atoms with Gasteiger partial charge < -0.3 is 9.94 Å². The zero-order valence-corrected chi connectivity index (χ0v) is 16.3. The minimum atomic E-state index is -0.0267. The van der Waals surface area contributed by atoms with Gasteiger partial charge in [-0.25, -0.2) is 0 Å². The average molecular weight is 374 g/mol. The van der Waals surface area contributed by atoms with E-state index >= 15 is 0 Å². The zero-order valence-electron chi connectivity index (χ0n) is 14.8. The summed E-state index contributed by atoms with van der Waals surface area (Å²) in [5.41, 5.74) is 2.26. The Labute approximate surface area is 154 Å². The van der Waals surface area contributed by atoms with E-state index in [9.17, 15) is 9.90 Å². The van der Waals surface area contributed by atoms with Crippen LogP contribution in [0.25, 0.3) is 0 Å². The van der Waals surface area contributed by atoms with Crippen LogP contribution in [0, 0.1) is 5.92 Å². The van der Waals surface area contributed by atoms with E-state index in [0.29, 0.717) is 35.8 Å². The van der Waals surface area contributed by atoms with Gasteiger partial charge in [0.2, 0.25) is 0 Å². The van der Waals surface area contributed by atoms with E-state index < -0.39 is 0 Å². The highest BCUT2D eigenvalue weighted by atomic mass is 35.5. The molecule has 2 unspecified atom stereocenters. The Kier molecular flexibility index (Phi) is 10.2. The number of aliphatic hydroxyl groups excluding tert-OH is 1. The van der Waals surface area contributed by atoms with Gasteiger partial charge in [0.05, 0.1) is 11.3 Å². The topological polar surface area (TPSA) is 58.9 Å². The second kappa shape index (κ2) is 11.6. The van der Waals surface area contributed by atoms with Gasteiger partial charge in [-0.1, -0.05) is 43.9 Å². The first-order chi connectivity index (χ1) is 11.5. The Bertz CT molecular complexity index is 502. The number of ketones is 1. The third-order valence-corrected chi connectivity index (χ3v) is 5.12. The quantitative estimate of drug-likeness (QED) is 0.323. The van der Waals surface area contributed by atoms with Crippen LogP contribution in [0.1, 0.15) is 52.9 Å². The number of carbonyl (C=O) groups is 1. The van der Waals surface area contributed by atoms with Crippen LogP contribution in [0.2, 0.25) is 0 Å². The van der Waals surface area contributed by atoms with Crippen molar-refractivity contribution in [3.8, 4) is 0 Å². The van der Waals surface area contributed by atoms with Gasteiger partial charge in [0.25, 0.3) is 0 Å². The van der Waals surface area contributed by atoms with Gasteiger partial charge in [0.1, 0.15) is 12.4 Å². The van der Waals surface area contributed by atoms with Crippen LogP contribution in [-0.2, 0) is 9.63 Å². The number of thioether (sulfide) groups is 1. The Morgan fingerprint density at radius 2 is 2.25 bits per heavy atom. The fraction of sp³-hybridized carbons (Fsp3) is 0.667. The lowest BCUT2D eigenvalue weighted by Crippen LogP contribution is -2.26. The van der Waals surface area contributed by atoms with Crippen LogP contribution in [0.3, 0.4) is 0 Å². The molecule has 0 heterocycles. The van der Waals surface area contributed by atoms with Crippen LogP contribution in [0.4, 0.5) is 0 Å². The van der Waals surface area contributed by atoms with Gasteiger partial charge in [-0.3, -0.25) is 4.79 Å². The van der Waals surface area contributed by atoms with Crippen molar-refractivity contribution in [1.29, 1.82) is 0 Å². The number of hydrogen-bond acceptors (Lipinski definition) is 5. The Hall–Kier alpha value is -0.940. The standard InChI is InChI=1S/C18H28ClNO3S/c1-4-7-15(20-23-9-6-8-19)18-16(21)11-14(12-17(18)22)10-13(3)24-5-2/h6,8,13-14,21H,4-5,7,9-12H2,1-3H3/b8-6+,20-15-. The highest BCUT2D eigenvalue weighted by Crippen LogP contribution is 2.32. The van der Waals surface area contributed by atoms with Gasteiger partial charge in [0, 0.05) is 23.6 Å². The summed E-state index contributed by atoms with van der Waals surface area (Å²) in [6.07, 6.45) is 5.00. The Morgan fingerprint density at radius 1 is 1.50 bits per heavy atom. The van der Waals surface area contributed by atoms with Crippen molar-refractivity contribution in [2.45, 2.75) is 58.1 Å². The number of allylic oxidation sites excluding steroid dienone is 2. The Balaban J connectivity index is 2.85. The minimum Gasteiger partial charge on any atom is -0.511 e. The van der Waals surface area contributed by atoms with Crippen molar-refractivity contribution in [3.63, 3.8) is 0 Å². The van der Waals surface area contributed by atoms with E-state index in [-0.39, 0.29) is 24.1 Å². The number of Topliss-reactive ketones (excluding diaryl/α,β-unsaturated/α-hetero) is 1. The third-order valence-electron chi connectivity index (χ3n) is 3.85. The lowest BCUT2D eigenvalue weighted by molar-refractivity contribution is -0.116. The normalized spacial score (nSPS) is 20.8. The lowest BCUT2D eigenvalue weighted by Gasteiger charge is -2.25. The summed E-state index contributed by atoms with van der Waals surface area (Å²) in [6, 6.07) is 0. The number of hydrogen-bond donors (Lipinski definition) is 1. The highest BCUT2D eigenvalue weighted by molar-refractivity contribution is 7.99. The fourth-order valence-electron chi connectivity index (χ4n) is 2.94. The van der Waals surface area contributed by atoms with Gasteiger partial charge >= 0.3 is 0 Å². The van der Waals surface area contributed by atoms with E-state index in [1.807, 2.05) is 18.7 Å². The van der Waals surface area contributed by atoms with Crippen LogP contribution < -0.4 is 0 Å². The summed E-state index contributed by atoms with van der Waals surface area (Å²) >= 11 is 7.33. The second-order valence-corrected chi connectivity index (χ2v) is 7.93. The molecule has 0 aromatic carbocycles. The molecule has 0 aromatic heterocycles. The molecule has 0 aromatic rings. The zero-order chi connectivity index (χ0) is 17.9. The molecule has 6 heteroatoms. The molecule has 0 aliphatic heterocycles. The molecule has 136 valence electrons. The SMILES string of the molecule is CCC/C(=N/OC/C=C/Cl)C1=C(O)CC(CC(C)SCC)CC1=O. The van der Waals surface area contributed by atoms with E-state index in [0.717, 1.165) is 18.6 Å². The smallest absolute Gasteiger partial charge is 0.168 e. The molecule has 0 radical (unpaired) electrons. The van der Waals surface area contributed by atoms with E-state index in [4.69, 9.17) is 16.4 Å². The molecular formula is C18H28ClNO3S. The molecular weight excluding hydrogens is 346 g/mol. The number of aliphatic hydroxyl groups is 1. The number of halogens is 1. The van der Waals surface area contributed by atoms with Gasteiger partial charge in [-0.2, -0.15) is 11.8 Å². The summed E-state index contributed by atoms with van der Waals surface area (Å²) in [5, 5.41) is 15.0. The minimum absolute atomic E-state index is 0.0267. The first kappa shape index (κ1) is 21.1. The van der Waals surface area contributed by atoms with Crippen LogP contribution >= 0.6 is 23.4 Å². The molecule has 0 bridgehead atoms. The second-order valence-electron chi connectivity index (χ2n) is 5.97. The van der Waals surface area contributed by atoms with Crippen molar-refractivity contribution in [2.24, 2.45) is 11.1 Å². The van der Waals surface area contributed by atoms with Crippen molar-refractivity contribution < 1.29 is 14.7 Å². The predicted octanol–water partition coefficient (Wildman–Crippen LogP) is 5.23. The van der Waals surface area contributed by atoms with Gasteiger partial charge in [-0.05, 0) is 30.6 Å². The lowest BCUT2D eigenvalue weighted by atomic mass is 9.82. The first-order valence-corrected chi connectivity index (χ1v) is 10.0. The third kappa shape index (κ3) is 6.89. The van der Waals surface area contributed by atoms with E-state index in [1.165, 1.54) is 5.54 Å². The number of oxime groups is 1. The van der Waals surface area contributed by atoms with Gasteiger partial charge in [0.15, 0.2) is 5.78 Å². The molecule has 0 saturated carbocycles. The molecule has 0 amide bonds. The van der Waals surface area contributed by atoms with Crippen LogP contribution in [-0.4, -0.2) is 34.2 Å². The van der Waals surface area contributed by atoms with Crippen LogP contribution in [0.15, 0.2) is 28.1 Å². The molecule has 24 heavy (non-hydrogen) atoms. The Morgan fingerprint density at radius 3 is 2.83 bits per heavy atom. The van der Waals surface area contributed by atoms with E-state index in [1.54, 1.807) is 6.08 Å². The number of nitrogens with zero attached hydrogens (tertiary/aromatic N) is 1. The summed E-state index contributed by atoms with van der Waals surface area (Å²) in [5.74, 6) is 1.41. The summed E-state index contributed by atoms with van der Waals surface area (Å²) in [7, 11) is 0. The number of rotatable bonds is 10. The molecule has 2 atom stereocenters. The highest BCUT2D eigenvalue weighted by Gasteiger charge is 2.31. The van der Waals surface area contributed by atoms with E-state index in [2.05, 4.69) is 19.0 Å². The maximum atomic E-state index is 12.6. The monoisotopic (exact) mass is 373 g/mol. The van der Waals surface area contributed by atoms with Crippen molar-refractivity contribution in [2.75, 3.05) is 12.4 Å². The van der Waals surface area contributed by atoms with Crippen LogP contribution in [0.5, 0.6) is 0 Å². The molecule has 4 nitrogen and oxygen atoms in total. The molecule has 0 fully saturated rings. The fourth-order valence-corrected chi connectivity index (χ4v) is 3.99. The largest absolute Gasteiger partial charge is 0.511 e. The summed E-state index contributed by atoms with van der Waals surface area (Å²) in [4.78, 5) is 17.7. The van der Waals surface area contributed by atoms with Crippen molar-refractivity contribution in [3.05, 3.63) is 22.9 Å². The first-order valence-electron chi connectivity index (χ1n) is 8.54. The molecule has 1 rings (SSSR count). The predicted molar refractivity (Wildman–Crippen MR) is 103 cm³/mol. The number of carbonyl (C=O) groups excluding carboxylic acids is 1. The maximum Gasteiger partial charge on any atom is 0.168 e. The summed E-state index contributed by atoms with van der Waals surface area (Å²) < 4.78 is 0. The molecule has 0 spiro atoms. The molecule has 1 aliphatic carbocycles. The van der Waals surface area contributed by atoms with Gasteiger partial charge in [-0.15, -0.1) is 0 Å². The molecule has 1 N–H and O–H groups in total. The maximum absolute atomic E-state index is 12.6. The molecule has 1 aliphatic rings. The van der Waals surface area contributed by atoms with Crippen molar-refractivity contribution >= 4 is 34.9 Å².